The fraction of sp³-hybridized carbons (Fsp3) is 0.700. The fourth-order valence-electron chi connectivity index (χ4n) is 1.68. The lowest BCUT2D eigenvalue weighted by molar-refractivity contribution is 0.0162. The van der Waals surface area contributed by atoms with Gasteiger partial charge in [-0.2, -0.15) is 5.10 Å². The molecule has 5 heteroatoms. The van der Waals surface area contributed by atoms with Crippen LogP contribution in [0.4, 0.5) is 0 Å². The summed E-state index contributed by atoms with van der Waals surface area (Å²) in [4.78, 5) is 0. The molecule has 0 saturated carbocycles. The molecule has 4 nitrogen and oxygen atoms in total. The van der Waals surface area contributed by atoms with Crippen LogP contribution in [0.3, 0.4) is 0 Å². The summed E-state index contributed by atoms with van der Waals surface area (Å²) in [5.41, 5.74) is 2.32. The van der Waals surface area contributed by atoms with Gasteiger partial charge in [0.25, 0.3) is 0 Å². The van der Waals surface area contributed by atoms with Crippen LogP contribution in [0, 0.1) is 13.8 Å². The first-order valence-electron chi connectivity index (χ1n) is 4.91. The molecule has 0 saturated heterocycles. The molecule has 0 aliphatic heterocycles. The standard InChI is InChI=1S/C10H17ClN2O2/c1-6-9(7(2)13(3)12-6)10(15)8(14)4-5-11/h8,10,14-15H,4-5H2,1-3H3. The van der Waals surface area contributed by atoms with Crippen LogP contribution in [0.1, 0.15) is 29.5 Å². The van der Waals surface area contributed by atoms with Crippen LogP contribution >= 0.6 is 11.6 Å². The zero-order chi connectivity index (χ0) is 11.6. The second-order valence-corrected chi connectivity index (χ2v) is 4.08. The topological polar surface area (TPSA) is 58.3 Å². The van der Waals surface area contributed by atoms with Crippen LogP contribution in [-0.4, -0.2) is 32.0 Å². The Morgan fingerprint density at radius 1 is 1.40 bits per heavy atom. The van der Waals surface area contributed by atoms with Gasteiger partial charge < -0.3 is 10.2 Å². The number of hydrogen-bond acceptors (Lipinski definition) is 3. The van der Waals surface area contributed by atoms with Gasteiger partial charge in [-0.05, 0) is 20.3 Å². The quantitative estimate of drug-likeness (QED) is 0.764. The second-order valence-electron chi connectivity index (χ2n) is 3.70. The SMILES string of the molecule is Cc1nn(C)c(C)c1C(O)C(O)CCCl. The molecule has 86 valence electrons. The Morgan fingerprint density at radius 3 is 2.40 bits per heavy atom. The lowest BCUT2D eigenvalue weighted by Gasteiger charge is -2.17. The summed E-state index contributed by atoms with van der Waals surface area (Å²) < 4.78 is 1.70. The molecule has 1 aromatic rings. The Morgan fingerprint density at radius 2 is 2.00 bits per heavy atom. The third-order valence-corrected chi connectivity index (χ3v) is 2.85. The van der Waals surface area contributed by atoms with Gasteiger partial charge in [0.15, 0.2) is 0 Å². The molecule has 0 spiro atoms. The Bertz CT molecular complexity index is 338. The van der Waals surface area contributed by atoms with E-state index in [9.17, 15) is 10.2 Å². The highest BCUT2D eigenvalue weighted by molar-refractivity contribution is 6.17. The zero-order valence-electron chi connectivity index (χ0n) is 9.24. The molecule has 2 unspecified atom stereocenters. The minimum absolute atomic E-state index is 0.330. The Balaban J connectivity index is 2.94. The highest BCUT2D eigenvalue weighted by atomic mass is 35.5. The predicted octanol–water partition coefficient (Wildman–Crippen LogP) is 1.06. The van der Waals surface area contributed by atoms with Crippen molar-refractivity contribution in [2.45, 2.75) is 32.5 Å². The number of aliphatic hydroxyl groups excluding tert-OH is 2. The van der Waals surface area contributed by atoms with Gasteiger partial charge in [-0.15, -0.1) is 11.6 Å². The van der Waals surface area contributed by atoms with Crippen LogP contribution < -0.4 is 0 Å². The van der Waals surface area contributed by atoms with Gasteiger partial charge in [0.2, 0.25) is 0 Å². The minimum atomic E-state index is -0.905. The molecule has 0 fully saturated rings. The Kier molecular flexibility index (Phi) is 4.13. The molecule has 2 N–H and O–H groups in total. The molecule has 0 bridgehead atoms. The van der Waals surface area contributed by atoms with Crippen molar-refractivity contribution in [2.24, 2.45) is 7.05 Å². The molecule has 15 heavy (non-hydrogen) atoms. The predicted molar refractivity (Wildman–Crippen MR) is 59.0 cm³/mol. The molecule has 0 radical (unpaired) electrons. The van der Waals surface area contributed by atoms with Crippen molar-refractivity contribution in [1.82, 2.24) is 9.78 Å². The molecule has 0 aliphatic rings. The van der Waals surface area contributed by atoms with E-state index in [4.69, 9.17) is 11.6 Å². The van der Waals surface area contributed by atoms with Gasteiger partial charge >= 0.3 is 0 Å². The monoisotopic (exact) mass is 232 g/mol. The van der Waals surface area contributed by atoms with E-state index < -0.39 is 12.2 Å². The lowest BCUT2D eigenvalue weighted by atomic mass is 10.0. The maximum atomic E-state index is 9.93. The molecular formula is C10H17ClN2O2. The summed E-state index contributed by atoms with van der Waals surface area (Å²) in [5.74, 6) is 0.330. The number of aryl methyl sites for hydroxylation is 2. The first-order valence-corrected chi connectivity index (χ1v) is 5.44. The van der Waals surface area contributed by atoms with E-state index in [1.807, 2.05) is 20.9 Å². The van der Waals surface area contributed by atoms with Crippen molar-refractivity contribution in [3.05, 3.63) is 17.0 Å². The third-order valence-electron chi connectivity index (χ3n) is 2.63. The third kappa shape index (κ3) is 2.51. The van der Waals surface area contributed by atoms with Crippen LogP contribution in [0.25, 0.3) is 0 Å². The van der Waals surface area contributed by atoms with Gasteiger partial charge in [0, 0.05) is 24.2 Å². The number of halogens is 1. The summed E-state index contributed by atoms with van der Waals surface area (Å²) >= 11 is 5.52. The fourth-order valence-corrected chi connectivity index (χ4v) is 1.90. The zero-order valence-corrected chi connectivity index (χ0v) is 9.99. The number of alkyl halides is 1. The van der Waals surface area contributed by atoms with E-state index in [0.717, 1.165) is 11.4 Å². The number of aliphatic hydroxyl groups is 2. The van der Waals surface area contributed by atoms with Gasteiger partial charge in [-0.1, -0.05) is 0 Å². The van der Waals surface area contributed by atoms with Crippen LogP contribution in [0.2, 0.25) is 0 Å². The van der Waals surface area contributed by atoms with Crippen LogP contribution in [0.5, 0.6) is 0 Å². The second kappa shape index (κ2) is 4.96. The first kappa shape index (κ1) is 12.5. The van der Waals surface area contributed by atoms with Crippen molar-refractivity contribution in [3.63, 3.8) is 0 Å². The lowest BCUT2D eigenvalue weighted by Crippen LogP contribution is -2.19. The van der Waals surface area contributed by atoms with Crippen molar-refractivity contribution in [1.29, 1.82) is 0 Å². The van der Waals surface area contributed by atoms with Crippen molar-refractivity contribution in [2.75, 3.05) is 5.88 Å². The Hall–Kier alpha value is -0.580. The highest BCUT2D eigenvalue weighted by Crippen LogP contribution is 2.25. The molecular weight excluding hydrogens is 216 g/mol. The normalized spacial score (nSPS) is 15.3. The average molecular weight is 233 g/mol. The van der Waals surface area contributed by atoms with Crippen LogP contribution in [-0.2, 0) is 7.05 Å². The largest absolute Gasteiger partial charge is 0.390 e. The summed E-state index contributed by atoms with van der Waals surface area (Å²) in [7, 11) is 1.81. The van der Waals surface area contributed by atoms with Crippen LogP contribution in [0.15, 0.2) is 0 Å². The molecule has 0 amide bonds. The van der Waals surface area contributed by atoms with E-state index in [0.29, 0.717) is 17.9 Å². The van der Waals surface area contributed by atoms with E-state index in [1.54, 1.807) is 4.68 Å². The smallest absolute Gasteiger partial charge is 0.108 e. The number of aromatic nitrogens is 2. The van der Waals surface area contributed by atoms with E-state index in [2.05, 4.69) is 5.10 Å². The number of hydrogen-bond donors (Lipinski definition) is 2. The maximum absolute atomic E-state index is 9.93. The highest BCUT2D eigenvalue weighted by Gasteiger charge is 2.24. The van der Waals surface area contributed by atoms with Crippen molar-refractivity contribution >= 4 is 11.6 Å². The molecule has 1 rings (SSSR count). The summed E-state index contributed by atoms with van der Waals surface area (Å²) in [6.07, 6.45) is -1.36. The minimum Gasteiger partial charge on any atom is -0.390 e. The van der Waals surface area contributed by atoms with E-state index in [-0.39, 0.29) is 0 Å². The Labute approximate surface area is 94.5 Å². The molecule has 1 heterocycles. The first-order chi connectivity index (χ1) is 6.99. The van der Waals surface area contributed by atoms with Gasteiger partial charge in [0.1, 0.15) is 6.10 Å². The molecule has 0 aromatic carbocycles. The van der Waals surface area contributed by atoms with Gasteiger partial charge in [-0.3, -0.25) is 4.68 Å². The maximum Gasteiger partial charge on any atom is 0.108 e. The average Bonchev–Trinajstić information content (AvgIpc) is 2.41. The summed E-state index contributed by atoms with van der Waals surface area (Å²) in [6.45, 7) is 3.69. The van der Waals surface area contributed by atoms with Gasteiger partial charge in [0.05, 0.1) is 11.8 Å². The molecule has 2 atom stereocenters. The summed E-state index contributed by atoms with van der Waals surface area (Å²) in [5, 5.41) is 23.8. The van der Waals surface area contributed by atoms with E-state index in [1.165, 1.54) is 0 Å². The van der Waals surface area contributed by atoms with Crippen molar-refractivity contribution in [3.8, 4) is 0 Å². The molecule has 0 aliphatic carbocycles. The molecule has 1 aromatic heterocycles. The summed E-state index contributed by atoms with van der Waals surface area (Å²) in [6, 6.07) is 0. The number of nitrogens with zero attached hydrogens (tertiary/aromatic N) is 2. The van der Waals surface area contributed by atoms with E-state index >= 15 is 0 Å². The number of rotatable bonds is 4. The van der Waals surface area contributed by atoms with Gasteiger partial charge in [-0.25, -0.2) is 0 Å². The van der Waals surface area contributed by atoms with Crippen molar-refractivity contribution < 1.29 is 10.2 Å².